The third-order valence-corrected chi connectivity index (χ3v) is 4.56. The zero-order valence-electron chi connectivity index (χ0n) is 14.7. The molecule has 0 saturated carbocycles. The molecule has 0 atom stereocenters. The molecule has 140 valence electrons. The van der Waals surface area contributed by atoms with E-state index in [4.69, 9.17) is 4.74 Å². The molecule has 0 aliphatic rings. The Balaban J connectivity index is 1.80. The van der Waals surface area contributed by atoms with E-state index in [1.165, 1.54) is 36.7 Å². The molecule has 7 nitrogen and oxygen atoms in total. The number of thiazole rings is 1. The summed E-state index contributed by atoms with van der Waals surface area (Å²) < 4.78 is 5.22. The number of amides is 1. The second kappa shape index (κ2) is 8.24. The molecule has 0 saturated heterocycles. The molecule has 1 heterocycles. The van der Waals surface area contributed by atoms with Crippen molar-refractivity contribution in [2.45, 2.75) is 0 Å². The second-order valence-corrected chi connectivity index (χ2v) is 6.47. The van der Waals surface area contributed by atoms with Gasteiger partial charge in [-0.2, -0.15) is 5.26 Å². The molecule has 0 fully saturated rings. The minimum atomic E-state index is -0.595. The molecule has 1 amide bonds. The topological polar surface area (TPSA) is 115 Å². The second-order valence-electron chi connectivity index (χ2n) is 5.61. The van der Waals surface area contributed by atoms with Crippen molar-refractivity contribution >= 4 is 28.5 Å². The van der Waals surface area contributed by atoms with Gasteiger partial charge in [0.1, 0.15) is 17.4 Å². The van der Waals surface area contributed by atoms with Gasteiger partial charge >= 0.3 is 0 Å². The number of ether oxygens (including phenoxy) is 1. The first-order chi connectivity index (χ1) is 13.5. The number of nitrogens with one attached hydrogen (secondary N) is 1. The van der Waals surface area contributed by atoms with Crippen molar-refractivity contribution in [3.05, 3.63) is 59.0 Å². The molecular formula is C20H15N3O4S. The largest absolute Gasteiger partial charge is 0.504 e. The highest BCUT2D eigenvalue weighted by atomic mass is 32.1. The SMILES string of the molecule is COc1ccccc1/C=C(\C#N)C(=O)Nc1nc(-c2ccc(O)c(O)c2)cs1. The van der Waals surface area contributed by atoms with Crippen molar-refractivity contribution in [3.63, 3.8) is 0 Å². The summed E-state index contributed by atoms with van der Waals surface area (Å²) >= 11 is 1.18. The summed E-state index contributed by atoms with van der Waals surface area (Å²) in [7, 11) is 1.51. The van der Waals surface area contributed by atoms with Crippen molar-refractivity contribution in [2.24, 2.45) is 0 Å². The zero-order chi connectivity index (χ0) is 20.1. The highest BCUT2D eigenvalue weighted by Gasteiger charge is 2.14. The van der Waals surface area contributed by atoms with Crippen molar-refractivity contribution in [1.82, 2.24) is 4.98 Å². The molecule has 0 radical (unpaired) electrons. The summed E-state index contributed by atoms with van der Waals surface area (Å²) in [6.45, 7) is 0. The van der Waals surface area contributed by atoms with Crippen molar-refractivity contribution in [2.75, 3.05) is 12.4 Å². The van der Waals surface area contributed by atoms with E-state index in [1.54, 1.807) is 35.7 Å². The number of methoxy groups -OCH3 is 1. The summed E-state index contributed by atoms with van der Waals surface area (Å²) in [4.78, 5) is 16.7. The molecule has 0 spiro atoms. The minimum absolute atomic E-state index is 0.0940. The number of hydrogen-bond acceptors (Lipinski definition) is 7. The van der Waals surface area contributed by atoms with E-state index < -0.39 is 5.91 Å². The molecule has 0 bridgehead atoms. The number of aromatic hydroxyl groups is 2. The summed E-state index contributed by atoms with van der Waals surface area (Å²) in [5.74, 6) is -0.537. The number of carbonyl (C=O) groups excluding carboxylic acids is 1. The van der Waals surface area contributed by atoms with Gasteiger partial charge in [-0.3, -0.25) is 10.1 Å². The first-order valence-corrected chi connectivity index (χ1v) is 8.94. The molecule has 2 aromatic carbocycles. The maximum atomic E-state index is 12.4. The van der Waals surface area contributed by atoms with Crippen LogP contribution in [0.2, 0.25) is 0 Å². The zero-order valence-corrected chi connectivity index (χ0v) is 15.5. The maximum Gasteiger partial charge on any atom is 0.268 e. The van der Waals surface area contributed by atoms with E-state index in [1.807, 2.05) is 6.07 Å². The number of phenolic OH excluding ortho intramolecular Hbond substituents is 2. The molecule has 0 aliphatic heterocycles. The fraction of sp³-hybridized carbons (Fsp3) is 0.0500. The van der Waals surface area contributed by atoms with E-state index >= 15 is 0 Å². The highest BCUT2D eigenvalue weighted by molar-refractivity contribution is 7.14. The van der Waals surface area contributed by atoms with Gasteiger partial charge in [0, 0.05) is 16.5 Å². The van der Waals surface area contributed by atoms with Crippen molar-refractivity contribution in [3.8, 4) is 34.6 Å². The van der Waals surface area contributed by atoms with Crippen LogP contribution < -0.4 is 10.1 Å². The smallest absolute Gasteiger partial charge is 0.268 e. The Morgan fingerprint density at radius 2 is 2.04 bits per heavy atom. The third-order valence-electron chi connectivity index (χ3n) is 3.80. The molecule has 1 aromatic heterocycles. The Labute approximate surface area is 164 Å². The lowest BCUT2D eigenvalue weighted by molar-refractivity contribution is -0.112. The minimum Gasteiger partial charge on any atom is -0.504 e. The van der Waals surface area contributed by atoms with Gasteiger partial charge in [-0.25, -0.2) is 4.98 Å². The Kier molecular flexibility index (Phi) is 5.58. The lowest BCUT2D eigenvalue weighted by Crippen LogP contribution is -2.13. The van der Waals surface area contributed by atoms with Gasteiger partial charge in [0.2, 0.25) is 0 Å². The van der Waals surface area contributed by atoms with Crippen LogP contribution in [0.3, 0.4) is 0 Å². The molecule has 8 heteroatoms. The van der Waals surface area contributed by atoms with E-state index in [0.29, 0.717) is 27.7 Å². The normalized spacial score (nSPS) is 10.9. The Hall–Kier alpha value is -3.83. The van der Waals surface area contributed by atoms with Crippen LogP contribution >= 0.6 is 11.3 Å². The average molecular weight is 393 g/mol. The van der Waals surface area contributed by atoms with Gasteiger partial charge < -0.3 is 14.9 Å². The number of carbonyl (C=O) groups is 1. The van der Waals surface area contributed by atoms with Crippen LogP contribution in [0.25, 0.3) is 17.3 Å². The standard InChI is InChI=1S/C20H15N3O4S/c1-27-18-5-3-2-4-13(18)8-14(10-21)19(26)23-20-22-15(11-28-20)12-6-7-16(24)17(25)9-12/h2-9,11,24-25H,1H3,(H,22,23,26)/b14-8+. The monoisotopic (exact) mass is 393 g/mol. The fourth-order valence-corrected chi connectivity index (χ4v) is 3.12. The first-order valence-electron chi connectivity index (χ1n) is 8.06. The molecular weight excluding hydrogens is 378 g/mol. The summed E-state index contributed by atoms with van der Waals surface area (Å²) in [6, 6.07) is 13.3. The quantitative estimate of drug-likeness (QED) is 0.345. The molecule has 3 N–H and O–H groups in total. The predicted molar refractivity (Wildman–Crippen MR) is 106 cm³/mol. The third kappa shape index (κ3) is 4.11. The van der Waals surface area contributed by atoms with Crippen LogP contribution in [0.5, 0.6) is 17.2 Å². The fourth-order valence-electron chi connectivity index (χ4n) is 2.40. The maximum absolute atomic E-state index is 12.4. The Bertz CT molecular complexity index is 1100. The Morgan fingerprint density at radius 1 is 1.25 bits per heavy atom. The van der Waals surface area contributed by atoms with Gasteiger partial charge in [0.25, 0.3) is 5.91 Å². The number of nitrogens with zero attached hydrogens (tertiary/aromatic N) is 2. The lowest BCUT2D eigenvalue weighted by Gasteiger charge is -2.05. The first kappa shape index (κ1) is 18.9. The van der Waals surface area contributed by atoms with E-state index in [9.17, 15) is 20.3 Å². The van der Waals surface area contributed by atoms with Crippen LogP contribution in [-0.4, -0.2) is 28.2 Å². The van der Waals surface area contributed by atoms with Crippen LogP contribution in [0, 0.1) is 11.3 Å². The number of rotatable bonds is 5. The van der Waals surface area contributed by atoms with E-state index in [2.05, 4.69) is 10.3 Å². The number of aromatic nitrogens is 1. The van der Waals surface area contributed by atoms with Gasteiger partial charge in [-0.05, 0) is 30.3 Å². The summed E-state index contributed by atoms with van der Waals surface area (Å²) in [6.07, 6.45) is 1.45. The van der Waals surface area contributed by atoms with Crippen LogP contribution in [0.15, 0.2) is 53.4 Å². The average Bonchev–Trinajstić information content (AvgIpc) is 3.16. The number of hydrogen-bond donors (Lipinski definition) is 3. The Morgan fingerprint density at radius 3 is 2.75 bits per heavy atom. The van der Waals surface area contributed by atoms with E-state index in [-0.39, 0.29) is 17.1 Å². The number of anilines is 1. The molecule has 0 aliphatic carbocycles. The van der Waals surface area contributed by atoms with Crippen LogP contribution in [0.4, 0.5) is 5.13 Å². The molecule has 0 unspecified atom stereocenters. The van der Waals surface area contributed by atoms with Crippen LogP contribution in [0.1, 0.15) is 5.56 Å². The van der Waals surface area contributed by atoms with Gasteiger partial charge in [-0.15, -0.1) is 11.3 Å². The van der Waals surface area contributed by atoms with Crippen molar-refractivity contribution in [1.29, 1.82) is 5.26 Å². The van der Waals surface area contributed by atoms with E-state index in [0.717, 1.165) is 0 Å². The number of phenols is 2. The van der Waals surface area contributed by atoms with Gasteiger partial charge in [0.05, 0.1) is 12.8 Å². The molecule has 28 heavy (non-hydrogen) atoms. The van der Waals surface area contributed by atoms with Crippen LogP contribution in [-0.2, 0) is 4.79 Å². The van der Waals surface area contributed by atoms with Gasteiger partial charge in [-0.1, -0.05) is 18.2 Å². The number of nitriles is 1. The summed E-state index contributed by atoms with van der Waals surface area (Å²) in [5.41, 5.74) is 1.61. The lowest BCUT2D eigenvalue weighted by atomic mass is 10.1. The molecule has 3 aromatic rings. The van der Waals surface area contributed by atoms with Crippen molar-refractivity contribution < 1.29 is 19.7 Å². The van der Waals surface area contributed by atoms with Gasteiger partial charge in [0.15, 0.2) is 16.6 Å². The number of para-hydroxylation sites is 1. The highest BCUT2D eigenvalue weighted by Crippen LogP contribution is 2.32. The number of benzene rings is 2. The summed E-state index contributed by atoms with van der Waals surface area (Å²) in [5, 5.41) is 32.9. The molecule has 3 rings (SSSR count). The predicted octanol–water partition coefficient (Wildman–Crippen LogP) is 3.78.